The van der Waals surface area contributed by atoms with Crippen LogP contribution < -0.4 is 4.74 Å². The minimum Gasteiger partial charge on any atom is -0.497 e. The van der Waals surface area contributed by atoms with E-state index in [0.717, 1.165) is 0 Å². The Labute approximate surface area is 75.7 Å². The molecule has 0 atom stereocenters. The van der Waals surface area contributed by atoms with Crippen LogP contribution in [0.15, 0.2) is 24.3 Å². The van der Waals surface area contributed by atoms with E-state index in [1.165, 1.54) is 19.2 Å². The molecule has 0 bridgehead atoms. The van der Waals surface area contributed by atoms with Gasteiger partial charge in [-0.3, -0.25) is 10.1 Å². The Kier molecular flexibility index (Phi) is 4.07. The summed E-state index contributed by atoms with van der Waals surface area (Å²) in [6.45, 7) is 0. The van der Waals surface area contributed by atoms with Crippen LogP contribution in [0.3, 0.4) is 0 Å². The Hall–Kier alpha value is -1.29. The van der Waals surface area contributed by atoms with Crippen molar-refractivity contribution in [2.45, 2.75) is 0 Å². The van der Waals surface area contributed by atoms with Gasteiger partial charge >= 0.3 is 0 Å². The third-order valence-electron chi connectivity index (χ3n) is 1.26. The van der Waals surface area contributed by atoms with E-state index in [1.807, 2.05) is 0 Å². The van der Waals surface area contributed by atoms with E-state index in [-0.39, 0.29) is 18.1 Å². The number of hydrogen-bond donors (Lipinski definition) is 0. The lowest BCUT2D eigenvalue weighted by atomic mass is 10.3. The van der Waals surface area contributed by atoms with E-state index in [0.29, 0.717) is 5.75 Å². The van der Waals surface area contributed by atoms with Gasteiger partial charge in [0.05, 0.1) is 18.1 Å². The van der Waals surface area contributed by atoms with Crippen molar-refractivity contribution in [2.75, 3.05) is 7.11 Å². The number of non-ortho nitro benzene ring substituents is 1. The summed E-state index contributed by atoms with van der Waals surface area (Å²) >= 11 is 0. The molecule has 0 aromatic heterocycles. The first-order chi connectivity index (χ1) is 5.24. The van der Waals surface area contributed by atoms with Crippen molar-refractivity contribution in [3.63, 3.8) is 0 Å². The SMILES string of the molecule is COc1cccc([N+](=O)[O-])c1.Cl. The summed E-state index contributed by atoms with van der Waals surface area (Å²) in [5.74, 6) is 0.499. The van der Waals surface area contributed by atoms with Crippen LogP contribution in [-0.2, 0) is 0 Å². The predicted octanol–water partition coefficient (Wildman–Crippen LogP) is 2.03. The van der Waals surface area contributed by atoms with Crippen LogP contribution in [0.2, 0.25) is 0 Å². The van der Waals surface area contributed by atoms with Crippen LogP contribution in [0.5, 0.6) is 5.75 Å². The number of benzene rings is 1. The lowest BCUT2D eigenvalue weighted by Gasteiger charge is -1.96. The number of halogens is 1. The van der Waals surface area contributed by atoms with E-state index >= 15 is 0 Å². The summed E-state index contributed by atoms with van der Waals surface area (Å²) in [6, 6.07) is 6.03. The minimum absolute atomic E-state index is 0. The topological polar surface area (TPSA) is 52.4 Å². The Morgan fingerprint density at radius 2 is 2.17 bits per heavy atom. The van der Waals surface area contributed by atoms with Gasteiger partial charge in [0.25, 0.3) is 5.69 Å². The summed E-state index contributed by atoms with van der Waals surface area (Å²) < 4.78 is 4.80. The molecule has 0 N–H and O–H groups in total. The van der Waals surface area contributed by atoms with Crippen LogP contribution in [-0.4, -0.2) is 12.0 Å². The number of ether oxygens (including phenoxy) is 1. The average Bonchev–Trinajstić information content (AvgIpc) is 2.05. The Morgan fingerprint density at radius 3 is 2.67 bits per heavy atom. The Bertz CT molecular complexity index is 277. The molecular formula is C7H8ClNO3. The second-order valence-electron chi connectivity index (χ2n) is 1.96. The molecule has 0 radical (unpaired) electrons. The molecule has 1 aromatic carbocycles. The standard InChI is InChI=1S/C7H7NO3.ClH/c1-11-7-4-2-3-6(5-7)8(9)10;/h2-5H,1H3;1H. The van der Waals surface area contributed by atoms with Gasteiger partial charge in [0.2, 0.25) is 0 Å². The summed E-state index contributed by atoms with van der Waals surface area (Å²) in [5.41, 5.74) is 0.0457. The van der Waals surface area contributed by atoms with Crippen LogP contribution in [0.1, 0.15) is 0 Å². The third kappa shape index (κ3) is 2.39. The van der Waals surface area contributed by atoms with Gasteiger partial charge in [-0.1, -0.05) is 6.07 Å². The molecule has 4 nitrogen and oxygen atoms in total. The molecule has 0 aliphatic rings. The quantitative estimate of drug-likeness (QED) is 0.528. The summed E-state index contributed by atoms with van der Waals surface area (Å²) in [6.07, 6.45) is 0. The van der Waals surface area contributed by atoms with Gasteiger partial charge in [-0.05, 0) is 6.07 Å². The fourth-order valence-corrected chi connectivity index (χ4v) is 0.724. The second-order valence-corrected chi connectivity index (χ2v) is 1.96. The van der Waals surface area contributed by atoms with Gasteiger partial charge in [-0.2, -0.15) is 0 Å². The monoisotopic (exact) mass is 189 g/mol. The lowest BCUT2D eigenvalue weighted by Crippen LogP contribution is -1.88. The van der Waals surface area contributed by atoms with Crippen molar-refractivity contribution in [2.24, 2.45) is 0 Å². The molecule has 1 rings (SSSR count). The van der Waals surface area contributed by atoms with Gasteiger partial charge in [0.15, 0.2) is 0 Å². The molecule has 0 heterocycles. The number of rotatable bonds is 2. The summed E-state index contributed by atoms with van der Waals surface area (Å²) in [4.78, 5) is 9.76. The third-order valence-corrected chi connectivity index (χ3v) is 1.26. The molecule has 0 aliphatic carbocycles. The highest BCUT2D eigenvalue weighted by atomic mass is 35.5. The van der Waals surface area contributed by atoms with Gasteiger partial charge in [-0.15, -0.1) is 12.4 Å². The molecular weight excluding hydrogens is 182 g/mol. The normalized spacial score (nSPS) is 8.42. The fraction of sp³-hybridized carbons (Fsp3) is 0.143. The summed E-state index contributed by atoms with van der Waals surface area (Å²) in [7, 11) is 1.47. The van der Waals surface area contributed by atoms with Gasteiger partial charge in [0, 0.05) is 6.07 Å². The molecule has 0 saturated heterocycles. The molecule has 0 spiro atoms. The average molecular weight is 190 g/mol. The molecule has 0 aliphatic heterocycles. The molecule has 0 fully saturated rings. The molecule has 1 aromatic rings. The van der Waals surface area contributed by atoms with Crippen LogP contribution in [0, 0.1) is 10.1 Å². The van der Waals surface area contributed by atoms with E-state index < -0.39 is 4.92 Å². The maximum absolute atomic E-state index is 10.2. The van der Waals surface area contributed by atoms with Crippen molar-refractivity contribution in [1.82, 2.24) is 0 Å². The smallest absolute Gasteiger partial charge is 0.273 e. The summed E-state index contributed by atoms with van der Waals surface area (Å²) in [5, 5.41) is 10.2. The number of methoxy groups -OCH3 is 1. The zero-order valence-electron chi connectivity index (χ0n) is 6.39. The Morgan fingerprint density at radius 1 is 1.50 bits per heavy atom. The zero-order valence-corrected chi connectivity index (χ0v) is 7.21. The van der Waals surface area contributed by atoms with Crippen molar-refractivity contribution < 1.29 is 9.66 Å². The van der Waals surface area contributed by atoms with E-state index in [1.54, 1.807) is 12.1 Å². The first-order valence-electron chi connectivity index (χ1n) is 3.02. The molecule has 0 unspecified atom stereocenters. The molecule has 0 saturated carbocycles. The van der Waals surface area contributed by atoms with Gasteiger partial charge in [0.1, 0.15) is 5.75 Å². The zero-order chi connectivity index (χ0) is 8.27. The van der Waals surface area contributed by atoms with Crippen LogP contribution in [0.4, 0.5) is 5.69 Å². The van der Waals surface area contributed by atoms with Crippen LogP contribution >= 0.6 is 12.4 Å². The largest absolute Gasteiger partial charge is 0.497 e. The van der Waals surface area contributed by atoms with Gasteiger partial charge in [-0.25, -0.2) is 0 Å². The van der Waals surface area contributed by atoms with Crippen molar-refractivity contribution in [3.8, 4) is 5.75 Å². The molecule has 0 amide bonds. The number of nitro benzene ring substituents is 1. The maximum atomic E-state index is 10.2. The fourth-order valence-electron chi connectivity index (χ4n) is 0.724. The minimum atomic E-state index is -0.456. The lowest BCUT2D eigenvalue weighted by molar-refractivity contribution is -0.384. The molecule has 12 heavy (non-hydrogen) atoms. The Balaban J connectivity index is 0.00000121. The highest BCUT2D eigenvalue weighted by Crippen LogP contribution is 2.17. The molecule has 5 heteroatoms. The molecule has 66 valence electrons. The van der Waals surface area contributed by atoms with E-state index in [9.17, 15) is 10.1 Å². The number of nitro groups is 1. The second kappa shape index (κ2) is 4.56. The van der Waals surface area contributed by atoms with Gasteiger partial charge < -0.3 is 4.74 Å². The first kappa shape index (κ1) is 10.7. The number of hydrogen-bond acceptors (Lipinski definition) is 3. The predicted molar refractivity (Wildman–Crippen MR) is 46.9 cm³/mol. The van der Waals surface area contributed by atoms with Crippen molar-refractivity contribution in [1.29, 1.82) is 0 Å². The highest BCUT2D eigenvalue weighted by Gasteiger charge is 2.04. The van der Waals surface area contributed by atoms with Crippen LogP contribution in [0.25, 0.3) is 0 Å². The first-order valence-corrected chi connectivity index (χ1v) is 3.02. The highest BCUT2D eigenvalue weighted by molar-refractivity contribution is 5.85. The maximum Gasteiger partial charge on any atom is 0.273 e. The van der Waals surface area contributed by atoms with E-state index in [4.69, 9.17) is 4.74 Å². The van der Waals surface area contributed by atoms with Crippen molar-refractivity contribution in [3.05, 3.63) is 34.4 Å². The van der Waals surface area contributed by atoms with Crippen molar-refractivity contribution >= 4 is 18.1 Å². The van der Waals surface area contributed by atoms with E-state index in [2.05, 4.69) is 0 Å². The number of nitrogens with zero attached hydrogens (tertiary/aromatic N) is 1.